The van der Waals surface area contributed by atoms with E-state index in [2.05, 4.69) is 4.52 Å². The number of allylic oxidation sites excluding steroid dienone is 4. The van der Waals surface area contributed by atoms with Gasteiger partial charge in [0.2, 0.25) is 0 Å². The third kappa shape index (κ3) is 2.95. The average molecular weight is 470 g/mol. The molecule has 0 heterocycles. The molecular weight excluding hydrogens is 442 g/mol. The molecule has 0 bridgehead atoms. The Kier molecular flexibility index (Phi) is 5.34. The summed E-state index contributed by atoms with van der Waals surface area (Å²) >= 11 is 0. The number of aliphatic hydroxyl groups is 2. The summed E-state index contributed by atoms with van der Waals surface area (Å²) in [6.45, 7) is 3.80. The largest absolute Gasteiger partial charge is 0.790 e. The predicted molar refractivity (Wildman–Crippen MR) is 106 cm³/mol. The SMILES string of the molecule is C[C@@H]1CC2C3CCC4=CC(=O)C=C[C@]4(C)[C@@]3(F)C(O)C[C@]2(C)[C@@]1(O)C(=O)COP(=O)([O-])[O-]. The van der Waals surface area contributed by atoms with Gasteiger partial charge in [0.25, 0.3) is 0 Å². The molecule has 0 aromatic carbocycles. The summed E-state index contributed by atoms with van der Waals surface area (Å²) in [5.74, 6) is -3.06. The Balaban J connectivity index is 1.74. The number of alkyl halides is 1. The first-order chi connectivity index (χ1) is 14.6. The average Bonchev–Trinajstić information content (AvgIpc) is 2.89. The molecule has 4 aliphatic carbocycles. The molecule has 3 saturated carbocycles. The number of ketones is 2. The number of Topliss-reactive ketones (excluding diaryl/α,β-unsaturated/α-hetero) is 1. The molecule has 3 fully saturated rings. The van der Waals surface area contributed by atoms with Crippen molar-refractivity contribution in [3.63, 3.8) is 0 Å². The molecule has 10 heteroatoms. The lowest BCUT2D eigenvalue weighted by molar-refractivity contribution is -0.341. The first-order valence-corrected chi connectivity index (χ1v) is 12.3. The highest BCUT2D eigenvalue weighted by Crippen LogP contribution is 2.70. The predicted octanol–water partition coefficient (Wildman–Crippen LogP) is 0.749. The number of hydrogen-bond acceptors (Lipinski definition) is 8. The molecule has 0 spiro atoms. The van der Waals surface area contributed by atoms with Gasteiger partial charge in [-0.2, -0.15) is 0 Å². The van der Waals surface area contributed by atoms with Gasteiger partial charge in [-0.25, -0.2) is 4.39 Å². The summed E-state index contributed by atoms with van der Waals surface area (Å²) in [7, 11) is -5.43. The Morgan fingerprint density at radius 2 is 2.00 bits per heavy atom. The summed E-state index contributed by atoms with van der Waals surface area (Å²) in [5.41, 5.74) is -6.03. The summed E-state index contributed by atoms with van der Waals surface area (Å²) in [5, 5.41) is 22.8. The van der Waals surface area contributed by atoms with Gasteiger partial charge in [-0.3, -0.25) is 9.59 Å². The highest BCUT2D eigenvalue weighted by atomic mass is 31.2. The fraction of sp³-hybridized carbons (Fsp3) is 0.727. The molecule has 0 aromatic heterocycles. The van der Waals surface area contributed by atoms with Gasteiger partial charge in [0, 0.05) is 16.7 Å². The second-order valence-electron chi connectivity index (χ2n) is 10.3. The van der Waals surface area contributed by atoms with E-state index in [9.17, 15) is 34.2 Å². The minimum Gasteiger partial charge on any atom is -0.790 e. The zero-order chi connectivity index (χ0) is 23.9. The van der Waals surface area contributed by atoms with Crippen molar-refractivity contribution in [2.24, 2.45) is 28.6 Å². The van der Waals surface area contributed by atoms with Crippen LogP contribution in [0.5, 0.6) is 0 Å². The molecule has 178 valence electrons. The van der Waals surface area contributed by atoms with E-state index in [4.69, 9.17) is 0 Å². The first kappa shape index (κ1) is 23.9. The molecule has 0 saturated heterocycles. The molecule has 3 unspecified atom stereocenters. The van der Waals surface area contributed by atoms with Gasteiger partial charge in [0.1, 0.15) is 12.2 Å². The minimum atomic E-state index is -5.43. The maximum absolute atomic E-state index is 17.0. The van der Waals surface area contributed by atoms with Crippen LogP contribution < -0.4 is 9.79 Å². The van der Waals surface area contributed by atoms with Crippen molar-refractivity contribution in [2.45, 2.75) is 63.8 Å². The van der Waals surface area contributed by atoms with Crippen molar-refractivity contribution in [3.05, 3.63) is 23.8 Å². The second kappa shape index (κ2) is 7.14. The minimum absolute atomic E-state index is 0.224. The monoisotopic (exact) mass is 470 g/mol. The van der Waals surface area contributed by atoms with Gasteiger partial charge in [0.05, 0.1) is 13.9 Å². The number of carbonyl (C=O) groups excluding carboxylic acids is 2. The maximum atomic E-state index is 17.0. The number of phosphoric acid groups is 1. The van der Waals surface area contributed by atoms with Crippen molar-refractivity contribution in [1.29, 1.82) is 0 Å². The number of hydrogen-bond donors (Lipinski definition) is 2. The Morgan fingerprint density at radius 1 is 1.34 bits per heavy atom. The Labute approximate surface area is 185 Å². The zero-order valence-electron chi connectivity index (χ0n) is 18.2. The van der Waals surface area contributed by atoms with Crippen LogP contribution in [0.25, 0.3) is 0 Å². The molecule has 4 aliphatic rings. The lowest BCUT2D eigenvalue weighted by atomic mass is 9.44. The molecule has 0 aromatic rings. The van der Waals surface area contributed by atoms with E-state index in [1.54, 1.807) is 20.8 Å². The summed E-state index contributed by atoms with van der Waals surface area (Å²) in [4.78, 5) is 46.6. The summed E-state index contributed by atoms with van der Waals surface area (Å²) < 4.78 is 32.0. The highest BCUT2D eigenvalue weighted by Gasteiger charge is 2.75. The first-order valence-electron chi connectivity index (χ1n) is 10.8. The smallest absolute Gasteiger partial charge is 0.191 e. The lowest BCUT2D eigenvalue weighted by Gasteiger charge is -2.62. The molecule has 0 radical (unpaired) electrons. The fourth-order valence-electron chi connectivity index (χ4n) is 7.39. The molecule has 4 rings (SSSR count). The number of carbonyl (C=O) groups is 2. The topological polar surface area (TPSA) is 147 Å². The van der Waals surface area contributed by atoms with Crippen LogP contribution in [-0.4, -0.2) is 45.8 Å². The van der Waals surface area contributed by atoms with E-state index < -0.39 is 66.2 Å². The number of halogens is 1. The number of aliphatic hydroxyl groups excluding tert-OH is 1. The van der Waals surface area contributed by atoms with Gasteiger partial charge in [-0.15, -0.1) is 0 Å². The molecule has 8 atom stereocenters. The van der Waals surface area contributed by atoms with E-state index in [0.717, 1.165) is 0 Å². The van der Waals surface area contributed by atoms with Gasteiger partial charge in [0.15, 0.2) is 17.2 Å². The van der Waals surface area contributed by atoms with Gasteiger partial charge in [-0.05, 0) is 56.6 Å². The van der Waals surface area contributed by atoms with Crippen molar-refractivity contribution in [1.82, 2.24) is 0 Å². The van der Waals surface area contributed by atoms with Crippen LogP contribution >= 0.6 is 7.82 Å². The molecular formula is C22H28FO8P-2. The number of fused-ring (bicyclic) bond motifs is 5. The number of phosphoric ester groups is 1. The van der Waals surface area contributed by atoms with E-state index in [1.807, 2.05) is 0 Å². The zero-order valence-corrected chi connectivity index (χ0v) is 19.1. The van der Waals surface area contributed by atoms with Crippen LogP contribution in [0.2, 0.25) is 0 Å². The van der Waals surface area contributed by atoms with Gasteiger partial charge in [-0.1, -0.05) is 25.5 Å². The van der Waals surface area contributed by atoms with Crippen LogP contribution in [0, 0.1) is 28.6 Å². The molecule has 32 heavy (non-hydrogen) atoms. The van der Waals surface area contributed by atoms with Crippen LogP contribution in [0.15, 0.2) is 23.8 Å². The second-order valence-corrected chi connectivity index (χ2v) is 11.5. The fourth-order valence-corrected chi connectivity index (χ4v) is 7.66. The van der Waals surface area contributed by atoms with Crippen molar-refractivity contribution < 1.29 is 43.1 Å². The Bertz CT molecular complexity index is 973. The van der Waals surface area contributed by atoms with Crippen molar-refractivity contribution in [3.8, 4) is 0 Å². The molecule has 0 amide bonds. The van der Waals surface area contributed by atoms with E-state index in [1.165, 1.54) is 18.2 Å². The summed E-state index contributed by atoms with van der Waals surface area (Å²) in [6, 6.07) is 0. The van der Waals surface area contributed by atoms with Crippen LogP contribution in [0.3, 0.4) is 0 Å². The van der Waals surface area contributed by atoms with Crippen LogP contribution in [-0.2, 0) is 18.7 Å². The third-order valence-electron chi connectivity index (χ3n) is 9.00. The van der Waals surface area contributed by atoms with E-state index in [0.29, 0.717) is 18.4 Å². The molecule has 8 nitrogen and oxygen atoms in total. The Morgan fingerprint density at radius 3 is 2.62 bits per heavy atom. The number of rotatable bonds is 4. The quantitative estimate of drug-likeness (QED) is 0.572. The normalized spacial score (nSPS) is 48.0. The van der Waals surface area contributed by atoms with Crippen molar-refractivity contribution >= 4 is 19.4 Å². The lowest BCUT2D eigenvalue weighted by Crippen LogP contribution is -2.69. The van der Waals surface area contributed by atoms with Crippen LogP contribution in [0.1, 0.15) is 46.5 Å². The molecule has 2 N–H and O–H groups in total. The van der Waals surface area contributed by atoms with Crippen molar-refractivity contribution in [2.75, 3.05) is 6.61 Å². The van der Waals surface area contributed by atoms with Crippen LogP contribution in [0.4, 0.5) is 4.39 Å². The van der Waals surface area contributed by atoms with E-state index >= 15 is 4.39 Å². The highest BCUT2D eigenvalue weighted by molar-refractivity contribution is 7.43. The standard InChI is InChI=1S/C22H30FO8P/c1-12-8-16-15-5-4-13-9-14(24)6-7-19(13,2)21(15,23)17(25)10-20(16,3)22(12,27)18(26)11-31-32(28,29)30/h6-7,9,12,15-17,25,27H,4-5,8,10-11H2,1-3H3,(H2,28,29,30)/p-2/t12-,15?,16?,17?,19+,20+,21+,22+/m1/s1. The van der Waals surface area contributed by atoms with Gasteiger partial charge >= 0.3 is 0 Å². The molecule has 0 aliphatic heterocycles. The maximum Gasteiger partial charge on any atom is 0.191 e. The Hall–Kier alpha value is -1.22. The third-order valence-corrected chi connectivity index (χ3v) is 9.45. The summed E-state index contributed by atoms with van der Waals surface area (Å²) in [6.07, 6.45) is 3.54. The van der Waals surface area contributed by atoms with E-state index in [-0.39, 0.29) is 18.6 Å². The van der Waals surface area contributed by atoms with Gasteiger partial charge < -0.3 is 29.1 Å².